The summed E-state index contributed by atoms with van der Waals surface area (Å²) in [6, 6.07) is -0.796. The number of phosphoric acid groups is 1. The highest BCUT2D eigenvalue weighted by Crippen LogP contribution is 2.38. The maximum absolute atomic E-state index is 13.0. The van der Waals surface area contributed by atoms with E-state index in [1.807, 2.05) is 21.1 Å². The first-order valence-electron chi connectivity index (χ1n) is 34.9. The van der Waals surface area contributed by atoms with Crippen LogP contribution in [-0.2, 0) is 18.4 Å². The fraction of sp³-hybridized carbons (Fsp3) is 0.985. The molecule has 3 atom stereocenters. The highest BCUT2D eigenvalue weighted by molar-refractivity contribution is 7.45. The number of unbranched alkanes of at least 4 members (excludes halogenated alkanes) is 53. The Morgan fingerprint density at radius 3 is 0.883 bits per heavy atom. The molecule has 9 heteroatoms. The van der Waals surface area contributed by atoms with Crippen LogP contribution < -0.4 is 10.2 Å². The average molecular weight is 1110 g/mol. The van der Waals surface area contributed by atoms with Crippen LogP contribution in [0.3, 0.4) is 0 Å². The summed E-state index contributed by atoms with van der Waals surface area (Å²) < 4.78 is 23.5. The first kappa shape index (κ1) is 76.5. The van der Waals surface area contributed by atoms with Crippen molar-refractivity contribution in [1.82, 2.24) is 5.32 Å². The van der Waals surface area contributed by atoms with Crippen LogP contribution in [-0.4, -0.2) is 68.5 Å². The van der Waals surface area contributed by atoms with Crippen molar-refractivity contribution in [2.75, 3.05) is 40.9 Å². The maximum atomic E-state index is 13.0. The molecule has 2 N–H and O–H groups in total. The number of aliphatic hydroxyl groups excluding tert-OH is 1. The average Bonchev–Trinajstić information content (AvgIpc) is 3.39. The minimum Gasteiger partial charge on any atom is -0.756 e. The number of nitrogens with zero attached hydrogens (tertiary/aromatic N) is 1. The van der Waals surface area contributed by atoms with Crippen molar-refractivity contribution in [2.24, 2.45) is 0 Å². The summed E-state index contributed by atoms with van der Waals surface area (Å²) in [6.45, 7) is 4.79. The van der Waals surface area contributed by atoms with Crippen molar-refractivity contribution < 1.29 is 32.9 Å². The van der Waals surface area contributed by atoms with Crippen LogP contribution in [0.5, 0.6) is 0 Å². The Morgan fingerprint density at radius 2 is 0.636 bits per heavy atom. The molecular weight excluding hydrogens is 972 g/mol. The minimum absolute atomic E-state index is 0.0168. The molecule has 0 heterocycles. The molecule has 0 spiro atoms. The molecule has 0 bridgehead atoms. The molecule has 0 aliphatic heterocycles. The van der Waals surface area contributed by atoms with Gasteiger partial charge in [-0.05, 0) is 12.8 Å². The van der Waals surface area contributed by atoms with Gasteiger partial charge in [0.25, 0.3) is 7.82 Å². The van der Waals surface area contributed by atoms with E-state index >= 15 is 0 Å². The summed E-state index contributed by atoms with van der Waals surface area (Å²) in [7, 11) is 1.33. The first-order valence-corrected chi connectivity index (χ1v) is 36.3. The summed E-state index contributed by atoms with van der Waals surface area (Å²) >= 11 is 0. The second-order valence-electron chi connectivity index (χ2n) is 25.6. The van der Waals surface area contributed by atoms with Crippen molar-refractivity contribution in [3.05, 3.63) is 0 Å². The van der Waals surface area contributed by atoms with Gasteiger partial charge in [-0.3, -0.25) is 9.36 Å². The zero-order chi connectivity index (χ0) is 56.3. The van der Waals surface area contributed by atoms with Gasteiger partial charge in [-0.15, -0.1) is 0 Å². The Kier molecular flexibility index (Phi) is 59.7. The van der Waals surface area contributed by atoms with Gasteiger partial charge in [0.15, 0.2) is 0 Å². The van der Waals surface area contributed by atoms with Gasteiger partial charge in [0.05, 0.1) is 39.9 Å². The standard InChI is InChI=1S/C68H139N2O6P/c1-6-8-10-12-14-16-18-20-22-24-26-27-28-29-30-31-32-33-34-35-36-37-38-39-40-41-42-43-44-46-48-50-52-54-56-58-60-62-68(72)69-66(65-76-77(73,74)75-64-63-70(3,4)5)67(71)61-59-57-55-53-51-49-47-45-25-23-21-19-17-15-13-11-9-7-2/h66-67,71H,6-65H2,1-5H3,(H-,69,72,73,74). The van der Waals surface area contributed by atoms with E-state index in [0.29, 0.717) is 23.9 Å². The summed E-state index contributed by atoms with van der Waals surface area (Å²) in [4.78, 5) is 25.6. The number of hydrogen-bond donors (Lipinski definition) is 2. The third-order valence-electron chi connectivity index (χ3n) is 16.6. The van der Waals surface area contributed by atoms with Gasteiger partial charge < -0.3 is 28.8 Å². The van der Waals surface area contributed by atoms with E-state index in [1.54, 1.807) is 0 Å². The van der Waals surface area contributed by atoms with E-state index in [1.165, 1.54) is 315 Å². The first-order chi connectivity index (χ1) is 37.5. The van der Waals surface area contributed by atoms with Crippen molar-refractivity contribution in [2.45, 2.75) is 392 Å². The molecule has 77 heavy (non-hydrogen) atoms. The molecule has 0 aromatic rings. The summed E-state index contributed by atoms with van der Waals surface area (Å²) in [5.74, 6) is -0.154. The summed E-state index contributed by atoms with van der Waals surface area (Å²) in [5.41, 5.74) is 0. The van der Waals surface area contributed by atoms with Crippen LogP contribution in [0, 0.1) is 0 Å². The lowest BCUT2D eigenvalue weighted by atomic mass is 10.0. The molecular formula is C68H139N2O6P. The zero-order valence-corrected chi connectivity index (χ0v) is 53.9. The number of carbonyl (C=O) groups is 1. The number of carbonyl (C=O) groups excluding carboxylic acids is 1. The number of phosphoric ester groups is 1. The fourth-order valence-corrected chi connectivity index (χ4v) is 11.9. The third-order valence-corrected chi connectivity index (χ3v) is 17.6. The van der Waals surface area contributed by atoms with Crippen LogP contribution in [0.1, 0.15) is 380 Å². The lowest BCUT2D eigenvalue weighted by Gasteiger charge is -2.30. The second-order valence-corrected chi connectivity index (χ2v) is 27.0. The Hall–Kier alpha value is -0.500. The minimum atomic E-state index is -4.57. The van der Waals surface area contributed by atoms with E-state index in [4.69, 9.17) is 9.05 Å². The van der Waals surface area contributed by atoms with Gasteiger partial charge in [0.2, 0.25) is 5.91 Å². The van der Waals surface area contributed by atoms with Crippen molar-refractivity contribution in [3.63, 3.8) is 0 Å². The molecule has 0 fully saturated rings. The van der Waals surface area contributed by atoms with E-state index in [9.17, 15) is 19.4 Å². The SMILES string of the molecule is CCCCCCCCCCCCCCCCCCCCCCCCCCCCCCCCCCCCCCCC(=O)NC(COP(=O)([O-])OCC[N+](C)(C)C)C(O)CCCCCCCCCCCCCCCCCCCC. The molecule has 0 saturated heterocycles. The monoisotopic (exact) mass is 1110 g/mol. The number of aliphatic hydroxyl groups is 1. The smallest absolute Gasteiger partial charge is 0.268 e. The molecule has 0 radical (unpaired) electrons. The molecule has 3 unspecified atom stereocenters. The lowest BCUT2D eigenvalue weighted by Crippen LogP contribution is -2.46. The number of hydrogen-bond acceptors (Lipinski definition) is 6. The molecule has 1 amide bonds. The third kappa shape index (κ3) is 62.9. The summed E-state index contributed by atoms with van der Waals surface area (Å²) in [5, 5.41) is 14.1. The van der Waals surface area contributed by atoms with Gasteiger partial charge in [-0.2, -0.15) is 0 Å². The number of nitrogens with one attached hydrogen (secondary N) is 1. The normalized spacial score (nSPS) is 13.6. The zero-order valence-electron chi connectivity index (χ0n) is 53.0. The highest BCUT2D eigenvalue weighted by Gasteiger charge is 2.24. The largest absolute Gasteiger partial charge is 0.756 e. The molecule has 8 nitrogen and oxygen atoms in total. The molecule has 0 aromatic carbocycles. The van der Waals surface area contributed by atoms with E-state index in [-0.39, 0.29) is 19.1 Å². The summed E-state index contributed by atoms with van der Waals surface area (Å²) in [6.07, 6.45) is 74.8. The Balaban J connectivity index is 3.87. The molecule has 0 saturated carbocycles. The van der Waals surface area contributed by atoms with Gasteiger partial charge in [0, 0.05) is 6.42 Å². The van der Waals surface area contributed by atoms with Gasteiger partial charge >= 0.3 is 0 Å². The lowest BCUT2D eigenvalue weighted by molar-refractivity contribution is -0.870. The molecule has 0 aliphatic rings. The molecule has 0 aromatic heterocycles. The topological polar surface area (TPSA) is 108 Å². The Morgan fingerprint density at radius 1 is 0.403 bits per heavy atom. The van der Waals surface area contributed by atoms with E-state index < -0.39 is 20.0 Å². The Bertz CT molecular complexity index is 1220. The van der Waals surface area contributed by atoms with Crippen LogP contribution in [0.2, 0.25) is 0 Å². The molecule has 462 valence electrons. The number of amides is 1. The van der Waals surface area contributed by atoms with E-state index in [0.717, 1.165) is 38.5 Å². The van der Waals surface area contributed by atoms with Crippen molar-refractivity contribution in [1.29, 1.82) is 0 Å². The highest BCUT2D eigenvalue weighted by atomic mass is 31.2. The second kappa shape index (κ2) is 60.1. The van der Waals surface area contributed by atoms with Gasteiger partial charge in [0.1, 0.15) is 13.2 Å². The van der Waals surface area contributed by atoms with Gasteiger partial charge in [-0.25, -0.2) is 0 Å². The quantitative estimate of drug-likeness (QED) is 0.0357. The van der Waals surface area contributed by atoms with Crippen LogP contribution in [0.4, 0.5) is 0 Å². The molecule has 0 aliphatic carbocycles. The van der Waals surface area contributed by atoms with Crippen LogP contribution >= 0.6 is 7.82 Å². The Labute approximate surface area is 482 Å². The number of likely N-dealkylation sites (N-methyl/N-ethyl adjacent to an activating group) is 1. The fourth-order valence-electron chi connectivity index (χ4n) is 11.2. The van der Waals surface area contributed by atoms with Gasteiger partial charge in [-0.1, -0.05) is 361 Å². The van der Waals surface area contributed by atoms with E-state index in [2.05, 4.69) is 19.2 Å². The molecule has 0 rings (SSSR count). The number of quaternary nitrogens is 1. The van der Waals surface area contributed by atoms with Crippen molar-refractivity contribution >= 4 is 13.7 Å². The maximum Gasteiger partial charge on any atom is 0.268 e. The van der Waals surface area contributed by atoms with Crippen molar-refractivity contribution in [3.8, 4) is 0 Å². The predicted octanol–water partition coefficient (Wildman–Crippen LogP) is 21.3. The van der Waals surface area contributed by atoms with Crippen LogP contribution in [0.25, 0.3) is 0 Å². The number of rotatable bonds is 66. The predicted molar refractivity (Wildman–Crippen MR) is 335 cm³/mol. The van der Waals surface area contributed by atoms with Crippen LogP contribution in [0.15, 0.2) is 0 Å².